The van der Waals surface area contributed by atoms with Crippen molar-refractivity contribution in [2.24, 2.45) is 12.5 Å². The first-order valence-corrected chi connectivity index (χ1v) is 10.5. The number of hydrogen-bond acceptors (Lipinski definition) is 2. The van der Waals surface area contributed by atoms with Gasteiger partial charge < -0.3 is 9.30 Å². The molecule has 28 heavy (non-hydrogen) atoms. The van der Waals surface area contributed by atoms with E-state index >= 15 is 0 Å². The van der Waals surface area contributed by atoms with Crippen molar-refractivity contribution in [3.05, 3.63) is 48.0 Å². The van der Waals surface area contributed by atoms with Gasteiger partial charge in [0.15, 0.2) is 0 Å². The maximum absolute atomic E-state index is 12.6. The molecule has 1 atom stereocenters. The highest BCUT2D eigenvalue weighted by atomic mass is 16.5. The minimum atomic E-state index is -0.484. The number of hydrogen-bond donors (Lipinski definition) is 0. The first kappa shape index (κ1) is 20.4. The van der Waals surface area contributed by atoms with E-state index in [9.17, 15) is 4.79 Å². The van der Waals surface area contributed by atoms with Gasteiger partial charge in [0.25, 0.3) is 0 Å². The fourth-order valence-corrected chi connectivity index (χ4v) is 4.14. The molecule has 0 amide bonds. The van der Waals surface area contributed by atoms with Crippen LogP contribution in [0.5, 0.6) is 0 Å². The highest BCUT2D eigenvalue weighted by Gasteiger charge is 2.32. The Kier molecular flexibility index (Phi) is 6.12. The maximum Gasteiger partial charge on any atom is 0.311 e. The number of ether oxygens (including phenoxy) is 1. The number of aromatic nitrogens is 1. The number of carbonyl (C=O) groups is 1. The number of esters is 1. The predicted octanol–water partition coefficient (Wildman–Crippen LogP) is 6.58. The van der Waals surface area contributed by atoms with E-state index in [0.717, 1.165) is 25.7 Å². The van der Waals surface area contributed by atoms with E-state index in [4.69, 9.17) is 4.74 Å². The van der Waals surface area contributed by atoms with E-state index in [2.05, 4.69) is 67.9 Å². The second kappa shape index (κ2) is 8.38. The van der Waals surface area contributed by atoms with Crippen molar-refractivity contribution < 1.29 is 9.53 Å². The molecule has 1 aromatic heterocycles. The van der Waals surface area contributed by atoms with Gasteiger partial charge in [-0.05, 0) is 62.8 Å². The van der Waals surface area contributed by atoms with E-state index in [-0.39, 0.29) is 5.97 Å². The van der Waals surface area contributed by atoms with Gasteiger partial charge in [0, 0.05) is 28.9 Å². The highest BCUT2D eigenvalue weighted by Crippen LogP contribution is 2.37. The van der Waals surface area contributed by atoms with E-state index in [1.54, 1.807) is 0 Å². The lowest BCUT2D eigenvalue weighted by atomic mass is 9.78. The van der Waals surface area contributed by atoms with Crippen molar-refractivity contribution in [2.75, 3.05) is 6.61 Å². The van der Waals surface area contributed by atoms with E-state index in [0.29, 0.717) is 12.5 Å². The Labute approximate surface area is 168 Å². The molecule has 0 bridgehead atoms. The molecule has 0 fully saturated rings. The van der Waals surface area contributed by atoms with Gasteiger partial charge in [-0.2, -0.15) is 0 Å². The normalized spacial score (nSPS) is 13.2. The van der Waals surface area contributed by atoms with Crippen LogP contribution in [0.1, 0.15) is 64.9 Å². The number of rotatable bonds is 8. The van der Waals surface area contributed by atoms with Crippen molar-refractivity contribution >= 4 is 27.8 Å². The van der Waals surface area contributed by atoms with Crippen LogP contribution in [0, 0.1) is 5.41 Å². The molecular formula is C25H33NO2. The van der Waals surface area contributed by atoms with Gasteiger partial charge in [0.2, 0.25) is 0 Å². The van der Waals surface area contributed by atoms with Crippen molar-refractivity contribution in [1.29, 1.82) is 0 Å². The molecule has 1 unspecified atom stereocenters. The summed E-state index contributed by atoms with van der Waals surface area (Å²) in [5.41, 5.74) is 3.32. The number of carbonyl (C=O) groups excluding carboxylic acids is 1. The maximum atomic E-state index is 12.6. The summed E-state index contributed by atoms with van der Waals surface area (Å²) in [7, 11) is 2.12. The number of para-hydroxylation sites is 1. The predicted molar refractivity (Wildman–Crippen MR) is 118 cm³/mol. The molecule has 150 valence electrons. The quantitative estimate of drug-likeness (QED) is 0.327. The summed E-state index contributed by atoms with van der Waals surface area (Å²) >= 11 is 0. The summed E-state index contributed by atoms with van der Waals surface area (Å²) in [5, 5.41) is 2.58. The fraction of sp³-hybridized carbons (Fsp3) is 0.480. The lowest BCUT2D eigenvalue weighted by Gasteiger charge is -2.28. The zero-order valence-electron chi connectivity index (χ0n) is 17.9. The second-order valence-electron chi connectivity index (χ2n) is 8.54. The van der Waals surface area contributed by atoms with Crippen LogP contribution in [0.2, 0.25) is 0 Å². The van der Waals surface area contributed by atoms with Crippen LogP contribution in [0.25, 0.3) is 21.8 Å². The summed E-state index contributed by atoms with van der Waals surface area (Å²) in [5.74, 6) is 0.253. The second-order valence-corrected chi connectivity index (χ2v) is 8.54. The monoisotopic (exact) mass is 379 g/mol. The summed E-state index contributed by atoms with van der Waals surface area (Å²) in [6.07, 6.45) is 3.76. The average Bonchev–Trinajstić information content (AvgIpc) is 2.98. The molecule has 0 aliphatic heterocycles. The molecule has 0 saturated heterocycles. The summed E-state index contributed by atoms with van der Waals surface area (Å²) in [6, 6.07) is 15.3. The molecule has 0 aliphatic rings. The van der Waals surface area contributed by atoms with Crippen LogP contribution in [-0.4, -0.2) is 17.1 Å². The van der Waals surface area contributed by atoms with Gasteiger partial charge in [-0.15, -0.1) is 0 Å². The van der Waals surface area contributed by atoms with Crippen LogP contribution in [-0.2, 0) is 16.6 Å². The lowest BCUT2D eigenvalue weighted by Crippen LogP contribution is -2.29. The molecule has 0 aliphatic carbocycles. The zero-order valence-corrected chi connectivity index (χ0v) is 17.9. The number of unbranched alkanes of at least 4 members (excludes halogenated alkanes) is 1. The van der Waals surface area contributed by atoms with Gasteiger partial charge in [-0.3, -0.25) is 4.79 Å². The molecule has 3 heteroatoms. The van der Waals surface area contributed by atoms with Crippen molar-refractivity contribution in [1.82, 2.24) is 4.57 Å². The summed E-state index contributed by atoms with van der Waals surface area (Å²) in [4.78, 5) is 12.6. The minimum absolute atomic E-state index is 0.0781. The first-order valence-electron chi connectivity index (χ1n) is 10.5. The van der Waals surface area contributed by atoms with Crippen LogP contribution in [0.4, 0.5) is 0 Å². The molecule has 2 aromatic carbocycles. The van der Waals surface area contributed by atoms with Crippen LogP contribution in [0.3, 0.4) is 0 Å². The summed E-state index contributed by atoms with van der Waals surface area (Å²) < 4.78 is 7.77. The molecule has 0 spiro atoms. The third-order valence-electron chi connectivity index (χ3n) is 5.94. The largest absolute Gasteiger partial charge is 0.465 e. The molecule has 0 saturated carbocycles. The summed E-state index contributed by atoms with van der Waals surface area (Å²) in [6.45, 7) is 8.87. The van der Waals surface area contributed by atoms with Crippen molar-refractivity contribution in [2.45, 2.75) is 59.3 Å². The fourth-order valence-electron chi connectivity index (χ4n) is 4.14. The van der Waals surface area contributed by atoms with Gasteiger partial charge in [0.05, 0.1) is 12.0 Å². The number of aryl methyl sites for hydroxylation is 1. The van der Waals surface area contributed by atoms with E-state index in [1.807, 2.05) is 13.8 Å². The Morgan fingerprint density at radius 3 is 2.50 bits per heavy atom. The highest BCUT2D eigenvalue weighted by molar-refractivity contribution is 6.08. The van der Waals surface area contributed by atoms with Gasteiger partial charge in [-0.25, -0.2) is 0 Å². The van der Waals surface area contributed by atoms with Crippen LogP contribution < -0.4 is 0 Å². The molecule has 3 rings (SSSR count). The van der Waals surface area contributed by atoms with Crippen LogP contribution >= 0.6 is 0 Å². The van der Waals surface area contributed by atoms with E-state index < -0.39 is 5.41 Å². The van der Waals surface area contributed by atoms with Crippen molar-refractivity contribution in [3.63, 3.8) is 0 Å². The van der Waals surface area contributed by atoms with Gasteiger partial charge in [-0.1, -0.05) is 44.5 Å². The number of nitrogens with zero attached hydrogens (tertiary/aromatic N) is 1. The zero-order chi connectivity index (χ0) is 20.3. The number of benzene rings is 2. The molecule has 0 radical (unpaired) electrons. The average molecular weight is 380 g/mol. The van der Waals surface area contributed by atoms with Gasteiger partial charge >= 0.3 is 5.97 Å². The molecular weight excluding hydrogens is 346 g/mol. The smallest absolute Gasteiger partial charge is 0.311 e. The molecule has 3 aromatic rings. The van der Waals surface area contributed by atoms with Crippen LogP contribution in [0.15, 0.2) is 42.5 Å². The van der Waals surface area contributed by atoms with E-state index in [1.165, 1.54) is 27.4 Å². The SMILES string of the molecule is CCCCOC(=O)C(C)(C)CC(CC)c1ccc2c(c1)c1ccccc1n2C. The Morgan fingerprint density at radius 2 is 1.79 bits per heavy atom. The Bertz CT molecular complexity index is 967. The van der Waals surface area contributed by atoms with Gasteiger partial charge in [0.1, 0.15) is 0 Å². The van der Waals surface area contributed by atoms with Crippen molar-refractivity contribution in [3.8, 4) is 0 Å². The topological polar surface area (TPSA) is 31.2 Å². The minimum Gasteiger partial charge on any atom is -0.465 e. The lowest BCUT2D eigenvalue weighted by molar-refractivity contribution is -0.154. The Balaban J connectivity index is 1.89. The molecule has 3 nitrogen and oxygen atoms in total. The third-order valence-corrected chi connectivity index (χ3v) is 5.94. The molecule has 0 N–H and O–H groups in total. The number of fused-ring (bicyclic) bond motifs is 3. The Morgan fingerprint density at radius 1 is 1.07 bits per heavy atom. The molecule has 1 heterocycles. The Hall–Kier alpha value is -2.29. The first-order chi connectivity index (χ1) is 13.4. The third kappa shape index (κ3) is 3.94. The standard InChI is InChI=1S/C25H33NO2/c1-6-8-15-28-24(27)25(3,4)17-18(7-2)19-13-14-23-21(16-19)20-11-9-10-12-22(20)26(23)5/h9-14,16,18H,6-8,15,17H2,1-5H3.